The maximum absolute atomic E-state index is 12.8. The van der Waals surface area contributed by atoms with Crippen molar-refractivity contribution in [2.24, 2.45) is 0 Å². The second-order valence-electron chi connectivity index (χ2n) is 6.13. The molecular weight excluding hydrogens is 330 g/mol. The fourth-order valence-corrected chi connectivity index (χ4v) is 3.07. The minimum Gasteiger partial charge on any atom is -0.467 e. The number of carbonyl (C=O) groups excluding carboxylic acids is 2. The first kappa shape index (κ1) is 16.1. The molecule has 1 atom stereocenters. The number of Topliss-reactive ketones (excluding diaryl/α,β-unsaturated/α-hetero) is 1. The van der Waals surface area contributed by atoms with Crippen molar-refractivity contribution in [1.82, 2.24) is 9.88 Å². The molecule has 6 heteroatoms. The van der Waals surface area contributed by atoms with Gasteiger partial charge in [-0.2, -0.15) is 0 Å². The molecule has 0 saturated heterocycles. The highest BCUT2D eigenvalue weighted by molar-refractivity contribution is 5.99. The van der Waals surface area contributed by atoms with Gasteiger partial charge in [-0.25, -0.2) is 0 Å². The third kappa shape index (κ3) is 2.86. The molecule has 1 aliphatic rings. The zero-order valence-corrected chi connectivity index (χ0v) is 14.2. The molecule has 1 unspecified atom stereocenters. The van der Waals surface area contributed by atoms with Crippen molar-refractivity contribution < 1.29 is 14.0 Å². The van der Waals surface area contributed by atoms with Crippen LogP contribution < -0.4 is 5.32 Å². The van der Waals surface area contributed by atoms with Crippen LogP contribution in [-0.4, -0.2) is 21.6 Å². The Morgan fingerprint density at radius 2 is 2.00 bits per heavy atom. The van der Waals surface area contributed by atoms with Crippen LogP contribution in [-0.2, 0) is 6.54 Å². The van der Waals surface area contributed by atoms with Crippen molar-refractivity contribution in [3.63, 3.8) is 0 Å². The van der Waals surface area contributed by atoms with Gasteiger partial charge >= 0.3 is 0 Å². The van der Waals surface area contributed by atoms with Crippen LogP contribution in [0, 0.1) is 0 Å². The molecule has 2 aromatic heterocycles. The second-order valence-corrected chi connectivity index (χ2v) is 6.13. The molecule has 6 nitrogen and oxygen atoms in total. The summed E-state index contributed by atoms with van der Waals surface area (Å²) >= 11 is 0. The maximum Gasteiger partial charge on any atom is 0.258 e. The fraction of sp³-hybridized carbons (Fsp3) is 0.150. The number of aromatic nitrogens is 1. The van der Waals surface area contributed by atoms with E-state index in [0.717, 1.165) is 5.69 Å². The smallest absolute Gasteiger partial charge is 0.258 e. The van der Waals surface area contributed by atoms with Crippen LogP contribution >= 0.6 is 0 Å². The van der Waals surface area contributed by atoms with E-state index in [1.165, 1.54) is 6.92 Å². The molecule has 1 aromatic carbocycles. The molecule has 0 bridgehead atoms. The van der Waals surface area contributed by atoms with E-state index >= 15 is 0 Å². The number of nitrogens with one attached hydrogen (secondary N) is 1. The largest absolute Gasteiger partial charge is 0.467 e. The minimum absolute atomic E-state index is 0.0130. The summed E-state index contributed by atoms with van der Waals surface area (Å²) in [6.45, 7) is 1.87. The number of pyridine rings is 1. The number of ketones is 1. The van der Waals surface area contributed by atoms with Crippen molar-refractivity contribution >= 4 is 17.4 Å². The molecule has 0 aliphatic carbocycles. The molecule has 3 aromatic rings. The van der Waals surface area contributed by atoms with Gasteiger partial charge in [-0.1, -0.05) is 0 Å². The number of anilines is 1. The Kier molecular flexibility index (Phi) is 4.01. The summed E-state index contributed by atoms with van der Waals surface area (Å²) in [6, 6.07) is 14.3. The van der Waals surface area contributed by atoms with Crippen molar-refractivity contribution in [1.29, 1.82) is 0 Å². The lowest BCUT2D eigenvalue weighted by Gasteiger charge is -2.25. The van der Waals surface area contributed by atoms with Gasteiger partial charge in [0, 0.05) is 17.4 Å². The number of carbonyl (C=O) groups is 2. The summed E-state index contributed by atoms with van der Waals surface area (Å²) in [4.78, 5) is 30.4. The molecular formula is C20H17N3O3. The van der Waals surface area contributed by atoms with E-state index in [4.69, 9.17) is 4.42 Å². The summed E-state index contributed by atoms with van der Waals surface area (Å²) in [5.41, 5.74) is 2.70. The van der Waals surface area contributed by atoms with Crippen LogP contribution in [0.15, 0.2) is 65.4 Å². The van der Waals surface area contributed by atoms with E-state index in [1.807, 2.05) is 18.2 Å². The third-order valence-electron chi connectivity index (χ3n) is 4.40. The zero-order valence-electron chi connectivity index (χ0n) is 14.2. The highest BCUT2D eigenvalue weighted by atomic mass is 16.3. The average molecular weight is 347 g/mol. The lowest BCUT2D eigenvalue weighted by molar-refractivity contribution is 0.0714. The Hall–Kier alpha value is -3.41. The van der Waals surface area contributed by atoms with Crippen molar-refractivity contribution in [2.45, 2.75) is 19.6 Å². The van der Waals surface area contributed by atoms with Gasteiger partial charge in [0.1, 0.15) is 11.9 Å². The highest BCUT2D eigenvalue weighted by Gasteiger charge is 2.38. The first-order valence-corrected chi connectivity index (χ1v) is 8.29. The predicted octanol–water partition coefficient (Wildman–Crippen LogP) is 3.64. The number of fused-ring (bicyclic) bond motifs is 1. The van der Waals surface area contributed by atoms with Gasteiger partial charge in [-0.3, -0.25) is 14.6 Å². The van der Waals surface area contributed by atoms with Crippen molar-refractivity contribution in [3.8, 4) is 0 Å². The van der Waals surface area contributed by atoms with Gasteiger partial charge in [0.2, 0.25) is 0 Å². The summed E-state index contributed by atoms with van der Waals surface area (Å²) < 4.78 is 5.40. The molecule has 3 heterocycles. The Labute approximate surface area is 150 Å². The van der Waals surface area contributed by atoms with Gasteiger partial charge in [0.25, 0.3) is 5.91 Å². The standard InChI is InChI=1S/C20H17N3O3/c1-13(24)14-6-8-15(9-7-14)22-19-18-17(5-2-10-21-18)20(25)23(19)12-16-4-3-11-26-16/h2-11,19,22H,12H2,1H3. The molecule has 130 valence electrons. The number of nitrogens with zero attached hydrogens (tertiary/aromatic N) is 2. The predicted molar refractivity (Wildman–Crippen MR) is 95.6 cm³/mol. The average Bonchev–Trinajstić information content (AvgIpc) is 3.25. The first-order valence-electron chi connectivity index (χ1n) is 8.29. The van der Waals surface area contributed by atoms with Gasteiger partial charge in [0.15, 0.2) is 5.78 Å². The summed E-state index contributed by atoms with van der Waals surface area (Å²) in [7, 11) is 0. The van der Waals surface area contributed by atoms with Gasteiger partial charge in [0.05, 0.1) is 24.1 Å². The quantitative estimate of drug-likeness (QED) is 0.713. The van der Waals surface area contributed by atoms with Crippen LogP contribution in [0.5, 0.6) is 0 Å². The lowest BCUT2D eigenvalue weighted by Crippen LogP contribution is -2.32. The Morgan fingerprint density at radius 1 is 1.19 bits per heavy atom. The monoisotopic (exact) mass is 347 g/mol. The fourth-order valence-electron chi connectivity index (χ4n) is 3.07. The van der Waals surface area contributed by atoms with Crippen LogP contribution in [0.3, 0.4) is 0 Å². The Morgan fingerprint density at radius 3 is 2.69 bits per heavy atom. The number of hydrogen-bond acceptors (Lipinski definition) is 5. The topological polar surface area (TPSA) is 75.4 Å². The summed E-state index contributed by atoms with van der Waals surface area (Å²) in [5, 5.41) is 3.35. The zero-order chi connectivity index (χ0) is 18.1. The summed E-state index contributed by atoms with van der Waals surface area (Å²) in [6.07, 6.45) is 2.85. The van der Waals surface area contributed by atoms with E-state index in [1.54, 1.807) is 47.7 Å². The SMILES string of the molecule is CC(=O)c1ccc(NC2c3ncccc3C(=O)N2Cc2ccco2)cc1. The van der Waals surface area contributed by atoms with Crippen LogP contribution in [0.2, 0.25) is 0 Å². The molecule has 0 saturated carbocycles. The number of hydrogen-bond donors (Lipinski definition) is 1. The van der Waals surface area contributed by atoms with Gasteiger partial charge in [-0.05, 0) is 55.5 Å². The normalized spacial score (nSPS) is 15.8. The Balaban J connectivity index is 1.65. The van der Waals surface area contributed by atoms with E-state index in [2.05, 4.69) is 10.3 Å². The Bertz CT molecular complexity index is 949. The van der Waals surface area contributed by atoms with Crippen LogP contribution in [0.25, 0.3) is 0 Å². The van der Waals surface area contributed by atoms with E-state index in [-0.39, 0.29) is 11.7 Å². The number of furan rings is 1. The number of benzene rings is 1. The molecule has 0 fully saturated rings. The van der Waals surface area contributed by atoms with Crippen molar-refractivity contribution in [3.05, 3.63) is 83.6 Å². The molecule has 1 amide bonds. The molecule has 0 radical (unpaired) electrons. The molecule has 0 spiro atoms. The first-order chi connectivity index (χ1) is 12.6. The molecule has 1 N–H and O–H groups in total. The third-order valence-corrected chi connectivity index (χ3v) is 4.40. The summed E-state index contributed by atoms with van der Waals surface area (Å²) in [5.74, 6) is 0.617. The lowest BCUT2D eigenvalue weighted by atomic mass is 10.1. The van der Waals surface area contributed by atoms with E-state index < -0.39 is 6.17 Å². The van der Waals surface area contributed by atoms with Crippen molar-refractivity contribution in [2.75, 3.05) is 5.32 Å². The van der Waals surface area contributed by atoms with Gasteiger partial charge in [-0.15, -0.1) is 0 Å². The molecule has 1 aliphatic heterocycles. The maximum atomic E-state index is 12.8. The number of rotatable bonds is 5. The van der Waals surface area contributed by atoms with E-state index in [9.17, 15) is 9.59 Å². The van der Waals surface area contributed by atoms with Crippen LogP contribution in [0.1, 0.15) is 45.3 Å². The minimum atomic E-state index is -0.410. The molecule has 4 rings (SSSR count). The molecule has 26 heavy (non-hydrogen) atoms. The van der Waals surface area contributed by atoms with Crippen LogP contribution in [0.4, 0.5) is 5.69 Å². The second kappa shape index (κ2) is 6.48. The highest BCUT2D eigenvalue weighted by Crippen LogP contribution is 2.34. The van der Waals surface area contributed by atoms with Gasteiger partial charge < -0.3 is 14.6 Å². The number of amides is 1. The van der Waals surface area contributed by atoms with E-state index in [0.29, 0.717) is 29.1 Å².